The van der Waals surface area contributed by atoms with Gasteiger partial charge in [0.15, 0.2) is 5.70 Å². The number of phenolic OH excluding ortho intramolecular Hbond substituents is 1. The topological polar surface area (TPSA) is 58.9 Å². The van der Waals surface area contributed by atoms with Crippen LogP contribution in [-0.2, 0) is 9.53 Å². The average molecular weight is 379 g/mol. The van der Waals surface area contributed by atoms with Gasteiger partial charge in [-0.2, -0.15) is 0 Å². The van der Waals surface area contributed by atoms with E-state index in [-0.39, 0.29) is 17.3 Å². The number of carbonyl (C=O) groups is 1. The van der Waals surface area contributed by atoms with Crippen molar-refractivity contribution < 1.29 is 14.6 Å². The highest BCUT2D eigenvalue weighted by atomic mass is 79.9. The number of aliphatic imine (C=N–C) groups is 1. The number of hydrogen-bond acceptors (Lipinski definition) is 4. The number of carbonyl (C=O) groups excluding carboxylic acids is 1. The highest BCUT2D eigenvalue weighted by Crippen LogP contribution is 2.26. The van der Waals surface area contributed by atoms with Crippen LogP contribution in [0.5, 0.6) is 5.75 Å². The van der Waals surface area contributed by atoms with Gasteiger partial charge in [-0.3, -0.25) is 0 Å². The maximum absolute atomic E-state index is 11.9. The van der Waals surface area contributed by atoms with E-state index < -0.39 is 5.97 Å². The third kappa shape index (κ3) is 3.05. The highest BCUT2D eigenvalue weighted by Gasteiger charge is 2.24. The number of ether oxygens (including phenoxy) is 1. The van der Waals surface area contributed by atoms with Gasteiger partial charge < -0.3 is 9.84 Å². The summed E-state index contributed by atoms with van der Waals surface area (Å²) >= 11 is 9.05. The Morgan fingerprint density at radius 1 is 1.18 bits per heavy atom. The van der Waals surface area contributed by atoms with E-state index in [1.807, 2.05) is 0 Å². The number of benzene rings is 2. The molecule has 0 saturated heterocycles. The Kier molecular flexibility index (Phi) is 4.00. The first-order chi connectivity index (χ1) is 10.5. The quantitative estimate of drug-likeness (QED) is 0.631. The molecule has 6 heteroatoms. The first kappa shape index (κ1) is 14.8. The van der Waals surface area contributed by atoms with Crippen molar-refractivity contribution >= 4 is 45.5 Å². The maximum Gasteiger partial charge on any atom is 0.363 e. The third-order valence-electron chi connectivity index (χ3n) is 2.99. The number of hydrogen-bond donors (Lipinski definition) is 1. The first-order valence-corrected chi connectivity index (χ1v) is 7.47. The van der Waals surface area contributed by atoms with Crippen LogP contribution in [0.2, 0.25) is 5.02 Å². The lowest BCUT2D eigenvalue weighted by Gasteiger charge is -1.98. The molecule has 2 aromatic rings. The van der Waals surface area contributed by atoms with E-state index in [0.29, 0.717) is 15.1 Å². The van der Waals surface area contributed by atoms with E-state index in [4.69, 9.17) is 16.3 Å². The van der Waals surface area contributed by atoms with Gasteiger partial charge >= 0.3 is 5.97 Å². The van der Waals surface area contributed by atoms with Crippen molar-refractivity contribution in [3.8, 4) is 5.75 Å². The Balaban J connectivity index is 1.93. The summed E-state index contributed by atoms with van der Waals surface area (Å²) in [5, 5.41) is 10.1. The largest absolute Gasteiger partial charge is 0.507 e. The van der Waals surface area contributed by atoms with Crippen LogP contribution in [-0.4, -0.2) is 17.0 Å². The predicted octanol–water partition coefficient (Wildman–Crippen LogP) is 4.15. The third-order valence-corrected chi connectivity index (χ3v) is 3.87. The van der Waals surface area contributed by atoms with Gasteiger partial charge in [0.25, 0.3) is 0 Å². The fourth-order valence-corrected chi connectivity index (χ4v) is 2.42. The van der Waals surface area contributed by atoms with Gasteiger partial charge in [-0.15, -0.1) is 0 Å². The molecule has 3 rings (SSSR count). The summed E-state index contributed by atoms with van der Waals surface area (Å²) in [7, 11) is 0. The average Bonchev–Trinajstić information content (AvgIpc) is 2.85. The van der Waals surface area contributed by atoms with Crippen LogP contribution in [0.3, 0.4) is 0 Å². The van der Waals surface area contributed by atoms with Crippen molar-refractivity contribution in [1.82, 2.24) is 0 Å². The Hall–Kier alpha value is -2.11. The monoisotopic (exact) mass is 377 g/mol. The Morgan fingerprint density at radius 2 is 1.91 bits per heavy atom. The Bertz CT molecular complexity index is 813. The van der Waals surface area contributed by atoms with Crippen molar-refractivity contribution in [2.24, 2.45) is 4.99 Å². The molecule has 0 atom stereocenters. The zero-order chi connectivity index (χ0) is 15.7. The normalized spacial score (nSPS) is 15.8. The summed E-state index contributed by atoms with van der Waals surface area (Å²) in [6.45, 7) is 0. The van der Waals surface area contributed by atoms with E-state index in [0.717, 1.165) is 5.56 Å². The molecule has 0 spiro atoms. The van der Waals surface area contributed by atoms with Crippen LogP contribution in [0.15, 0.2) is 57.6 Å². The molecule has 0 amide bonds. The van der Waals surface area contributed by atoms with Gasteiger partial charge in [-0.25, -0.2) is 9.79 Å². The fourth-order valence-electron chi connectivity index (χ4n) is 1.90. The molecule has 2 aromatic carbocycles. The summed E-state index contributed by atoms with van der Waals surface area (Å²) in [5.74, 6) is -0.151. The van der Waals surface area contributed by atoms with Gasteiger partial charge in [-0.1, -0.05) is 17.7 Å². The molecule has 0 unspecified atom stereocenters. The smallest absolute Gasteiger partial charge is 0.363 e. The van der Waals surface area contributed by atoms with Crippen LogP contribution in [0.1, 0.15) is 11.1 Å². The molecular formula is C16H9BrClNO3. The molecule has 0 fully saturated rings. The van der Waals surface area contributed by atoms with Crippen molar-refractivity contribution in [1.29, 1.82) is 0 Å². The minimum Gasteiger partial charge on any atom is -0.507 e. The van der Waals surface area contributed by atoms with Crippen molar-refractivity contribution in [3.05, 3.63) is 68.8 Å². The standard InChI is InChI=1S/C16H9BrClNO3/c17-12-7-9(1-6-14(12)20)8-13-16(21)22-15(19-13)10-2-4-11(18)5-3-10/h1-8,20H/b13-8-. The Morgan fingerprint density at radius 3 is 2.59 bits per heavy atom. The van der Waals surface area contributed by atoms with Gasteiger partial charge in [0.2, 0.25) is 5.90 Å². The molecule has 4 nitrogen and oxygen atoms in total. The van der Waals surface area contributed by atoms with E-state index in [9.17, 15) is 9.90 Å². The van der Waals surface area contributed by atoms with Gasteiger partial charge in [0, 0.05) is 10.6 Å². The predicted molar refractivity (Wildman–Crippen MR) is 87.9 cm³/mol. The molecule has 1 aliphatic rings. The molecule has 1 N–H and O–H groups in total. The molecular weight excluding hydrogens is 370 g/mol. The zero-order valence-electron chi connectivity index (χ0n) is 11.1. The number of esters is 1. The van der Waals surface area contributed by atoms with Gasteiger partial charge in [0.05, 0.1) is 4.47 Å². The van der Waals surface area contributed by atoms with Crippen LogP contribution in [0.25, 0.3) is 6.08 Å². The van der Waals surface area contributed by atoms with Gasteiger partial charge in [0.1, 0.15) is 5.75 Å². The van der Waals surface area contributed by atoms with Crippen molar-refractivity contribution in [3.63, 3.8) is 0 Å². The minimum absolute atomic E-state index is 0.126. The van der Waals surface area contributed by atoms with E-state index >= 15 is 0 Å². The maximum atomic E-state index is 11.9. The minimum atomic E-state index is -0.519. The summed E-state index contributed by atoms with van der Waals surface area (Å²) in [6.07, 6.45) is 1.59. The number of rotatable bonds is 2. The summed E-state index contributed by atoms with van der Waals surface area (Å²) in [6, 6.07) is 11.8. The fraction of sp³-hybridized carbons (Fsp3) is 0. The summed E-state index contributed by atoms with van der Waals surface area (Å²) in [5.41, 5.74) is 1.59. The van der Waals surface area contributed by atoms with E-state index in [2.05, 4.69) is 20.9 Å². The lowest BCUT2D eigenvalue weighted by atomic mass is 10.2. The summed E-state index contributed by atoms with van der Waals surface area (Å²) in [4.78, 5) is 16.1. The summed E-state index contributed by atoms with van der Waals surface area (Å²) < 4.78 is 5.70. The highest BCUT2D eigenvalue weighted by molar-refractivity contribution is 9.10. The van der Waals surface area contributed by atoms with Crippen LogP contribution in [0, 0.1) is 0 Å². The number of halogens is 2. The number of cyclic esters (lactones) is 1. The zero-order valence-corrected chi connectivity index (χ0v) is 13.4. The second-order valence-electron chi connectivity index (χ2n) is 4.55. The molecule has 1 aliphatic heterocycles. The first-order valence-electron chi connectivity index (χ1n) is 6.30. The lowest BCUT2D eigenvalue weighted by molar-refractivity contribution is -0.129. The molecule has 0 saturated carbocycles. The molecule has 110 valence electrons. The molecule has 22 heavy (non-hydrogen) atoms. The second kappa shape index (κ2) is 5.94. The molecule has 0 bridgehead atoms. The van der Waals surface area contributed by atoms with Gasteiger partial charge in [-0.05, 0) is 64.0 Å². The van der Waals surface area contributed by atoms with E-state index in [1.54, 1.807) is 42.5 Å². The number of nitrogens with zero attached hydrogens (tertiary/aromatic N) is 1. The van der Waals surface area contributed by atoms with Crippen LogP contribution < -0.4 is 0 Å². The molecule has 0 aromatic heterocycles. The second-order valence-corrected chi connectivity index (χ2v) is 5.84. The number of phenols is 1. The van der Waals surface area contributed by atoms with Crippen molar-refractivity contribution in [2.45, 2.75) is 0 Å². The van der Waals surface area contributed by atoms with Crippen LogP contribution in [0.4, 0.5) is 0 Å². The Labute approximate surface area is 139 Å². The molecule has 0 radical (unpaired) electrons. The lowest BCUT2D eigenvalue weighted by Crippen LogP contribution is -2.05. The van der Waals surface area contributed by atoms with Crippen molar-refractivity contribution in [2.75, 3.05) is 0 Å². The number of aromatic hydroxyl groups is 1. The van der Waals surface area contributed by atoms with E-state index in [1.165, 1.54) is 6.07 Å². The van der Waals surface area contributed by atoms with Crippen LogP contribution >= 0.6 is 27.5 Å². The molecule has 1 heterocycles. The molecule has 0 aliphatic carbocycles. The SMILES string of the molecule is O=C1OC(c2ccc(Cl)cc2)=N/C1=C\c1ccc(O)c(Br)c1.